The monoisotopic (exact) mass is 280 g/mol. The Morgan fingerprint density at radius 1 is 1.38 bits per heavy atom. The van der Waals surface area contributed by atoms with Crippen LogP contribution in [0.1, 0.15) is 24.3 Å². The molecule has 0 aliphatic heterocycles. The zero-order valence-corrected chi connectivity index (χ0v) is 10.6. The van der Waals surface area contributed by atoms with Crippen LogP contribution in [0.15, 0.2) is 45.7 Å². The average molecular weight is 281 g/mol. The Morgan fingerprint density at radius 2 is 2.12 bits per heavy atom. The Labute approximate surface area is 103 Å². The number of nitrogens with zero attached hydrogens (tertiary/aromatic N) is 1. The van der Waals surface area contributed by atoms with Gasteiger partial charge in [-0.3, -0.25) is 0 Å². The first-order valence-electron chi connectivity index (χ1n) is 5.12. The number of hydrogen-bond acceptors (Lipinski definition) is 3. The molecule has 1 atom stereocenters. The summed E-state index contributed by atoms with van der Waals surface area (Å²) in [6.07, 6.45) is 3.17. The fourth-order valence-corrected chi connectivity index (χ4v) is 1.72. The van der Waals surface area contributed by atoms with E-state index >= 15 is 0 Å². The van der Waals surface area contributed by atoms with Crippen LogP contribution in [0, 0.1) is 0 Å². The van der Waals surface area contributed by atoms with E-state index in [9.17, 15) is 0 Å². The van der Waals surface area contributed by atoms with E-state index in [0.29, 0.717) is 12.6 Å². The molecule has 0 saturated heterocycles. The highest BCUT2D eigenvalue weighted by Crippen LogP contribution is 2.16. The van der Waals surface area contributed by atoms with Crippen molar-refractivity contribution in [1.29, 1.82) is 0 Å². The lowest BCUT2D eigenvalue weighted by molar-refractivity contribution is 0.458. The van der Waals surface area contributed by atoms with E-state index in [4.69, 9.17) is 4.42 Å². The normalized spacial score (nSPS) is 12.6. The van der Waals surface area contributed by atoms with Gasteiger partial charge in [-0.05, 0) is 24.6 Å². The molecule has 0 radical (unpaired) electrons. The van der Waals surface area contributed by atoms with E-state index < -0.39 is 0 Å². The van der Waals surface area contributed by atoms with E-state index in [1.165, 1.54) is 12.0 Å². The zero-order valence-electron chi connectivity index (χ0n) is 8.98. The largest absolute Gasteiger partial charge is 0.447 e. The van der Waals surface area contributed by atoms with E-state index in [2.05, 4.69) is 45.3 Å². The fraction of sp³-hybridized carbons (Fsp3) is 0.250. The highest BCUT2D eigenvalue weighted by atomic mass is 79.9. The molecular weight excluding hydrogens is 268 g/mol. The summed E-state index contributed by atoms with van der Waals surface area (Å²) in [4.78, 5) is 3.87. The number of aromatic nitrogens is 1. The summed E-state index contributed by atoms with van der Waals surface area (Å²) in [5.41, 5.74) is 1.25. The molecule has 1 aromatic heterocycles. The van der Waals surface area contributed by atoms with Crippen LogP contribution in [0.3, 0.4) is 0 Å². The maximum absolute atomic E-state index is 5.16. The first-order valence-corrected chi connectivity index (χ1v) is 5.91. The van der Waals surface area contributed by atoms with E-state index in [0.717, 1.165) is 10.2 Å². The van der Waals surface area contributed by atoms with Crippen LogP contribution in [0.5, 0.6) is 0 Å². The van der Waals surface area contributed by atoms with E-state index in [1.54, 1.807) is 6.20 Å². The van der Waals surface area contributed by atoms with Crippen LogP contribution in [-0.2, 0) is 6.54 Å². The van der Waals surface area contributed by atoms with Gasteiger partial charge in [0.1, 0.15) is 5.76 Å². The molecule has 3 nitrogen and oxygen atoms in total. The third kappa shape index (κ3) is 2.93. The van der Waals surface area contributed by atoms with Gasteiger partial charge in [0.05, 0.1) is 12.7 Å². The Kier molecular flexibility index (Phi) is 3.74. The third-order valence-corrected chi connectivity index (χ3v) is 2.96. The van der Waals surface area contributed by atoms with Crippen molar-refractivity contribution in [3.8, 4) is 0 Å². The van der Waals surface area contributed by atoms with Gasteiger partial charge in [0.2, 0.25) is 0 Å². The molecule has 0 amide bonds. The molecule has 16 heavy (non-hydrogen) atoms. The summed E-state index contributed by atoms with van der Waals surface area (Å²) in [6.45, 7) is 2.82. The quantitative estimate of drug-likeness (QED) is 0.934. The minimum absolute atomic E-state index is 0.290. The average Bonchev–Trinajstić information content (AvgIpc) is 2.80. The number of benzene rings is 1. The molecule has 0 aliphatic rings. The Morgan fingerprint density at radius 3 is 2.75 bits per heavy atom. The van der Waals surface area contributed by atoms with Gasteiger partial charge >= 0.3 is 0 Å². The molecule has 2 rings (SSSR count). The van der Waals surface area contributed by atoms with Crippen LogP contribution in [0.25, 0.3) is 0 Å². The van der Waals surface area contributed by atoms with Gasteiger partial charge in [0, 0.05) is 10.5 Å². The van der Waals surface area contributed by atoms with Crippen molar-refractivity contribution < 1.29 is 4.42 Å². The van der Waals surface area contributed by atoms with E-state index in [-0.39, 0.29) is 0 Å². The second-order valence-corrected chi connectivity index (χ2v) is 4.54. The van der Waals surface area contributed by atoms with Crippen molar-refractivity contribution >= 4 is 15.9 Å². The topological polar surface area (TPSA) is 38.1 Å². The maximum atomic E-state index is 5.16. The van der Waals surface area contributed by atoms with Gasteiger partial charge < -0.3 is 9.73 Å². The highest BCUT2D eigenvalue weighted by Gasteiger charge is 2.05. The van der Waals surface area contributed by atoms with Crippen molar-refractivity contribution in [2.24, 2.45) is 0 Å². The standard InChI is InChI=1S/C12H13BrN2O/c1-9(10-2-4-11(13)5-3-10)15-7-12-6-14-8-16-12/h2-6,8-9,15H,7H2,1H3/t9-/m1/s1. The minimum atomic E-state index is 0.290. The van der Waals surface area contributed by atoms with Crippen LogP contribution in [0.2, 0.25) is 0 Å². The molecule has 0 fully saturated rings. The molecule has 0 spiro atoms. The Bertz CT molecular complexity index is 425. The first kappa shape index (κ1) is 11.4. The number of rotatable bonds is 4. The van der Waals surface area contributed by atoms with Gasteiger partial charge in [0.15, 0.2) is 6.39 Å². The lowest BCUT2D eigenvalue weighted by Crippen LogP contribution is -2.17. The molecule has 0 bridgehead atoms. The van der Waals surface area contributed by atoms with Gasteiger partial charge in [-0.15, -0.1) is 0 Å². The van der Waals surface area contributed by atoms with Crippen LogP contribution < -0.4 is 5.32 Å². The van der Waals surface area contributed by atoms with Crippen molar-refractivity contribution in [3.05, 3.63) is 52.7 Å². The van der Waals surface area contributed by atoms with Gasteiger partial charge in [-0.2, -0.15) is 0 Å². The van der Waals surface area contributed by atoms with Gasteiger partial charge in [-0.25, -0.2) is 4.98 Å². The minimum Gasteiger partial charge on any atom is -0.447 e. The molecule has 1 N–H and O–H groups in total. The number of nitrogens with one attached hydrogen (secondary N) is 1. The second-order valence-electron chi connectivity index (χ2n) is 3.62. The summed E-state index contributed by atoms with van der Waals surface area (Å²) >= 11 is 3.42. The zero-order chi connectivity index (χ0) is 11.4. The molecule has 0 unspecified atom stereocenters. The van der Waals surface area contributed by atoms with Gasteiger partial charge in [-0.1, -0.05) is 28.1 Å². The SMILES string of the molecule is C[C@@H](NCc1cnco1)c1ccc(Br)cc1. The van der Waals surface area contributed by atoms with Crippen molar-refractivity contribution in [3.63, 3.8) is 0 Å². The summed E-state index contributed by atoms with van der Waals surface area (Å²) < 4.78 is 6.25. The second kappa shape index (κ2) is 5.27. The molecule has 2 aromatic rings. The van der Waals surface area contributed by atoms with Gasteiger partial charge in [0.25, 0.3) is 0 Å². The number of oxazole rings is 1. The first-order chi connectivity index (χ1) is 7.75. The number of hydrogen-bond donors (Lipinski definition) is 1. The van der Waals surface area contributed by atoms with Crippen LogP contribution in [0.4, 0.5) is 0 Å². The van der Waals surface area contributed by atoms with Crippen LogP contribution in [-0.4, -0.2) is 4.98 Å². The van der Waals surface area contributed by atoms with Crippen molar-refractivity contribution in [2.75, 3.05) is 0 Å². The molecule has 84 valence electrons. The lowest BCUT2D eigenvalue weighted by atomic mass is 10.1. The van der Waals surface area contributed by atoms with Crippen molar-refractivity contribution in [2.45, 2.75) is 19.5 Å². The fourth-order valence-electron chi connectivity index (χ4n) is 1.45. The number of halogens is 1. The molecule has 0 saturated carbocycles. The van der Waals surface area contributed by atoms with Crippen molar-refractivity contribution in [1.82, 2.24) is 10.3 Å². The third-order valence-electron chi connectivity index (χ3n) is 2.44. The summed E-state index contributed by atoms with van der Waals surface area (Å²) in [5.74, 6) is 0.851. The predicted octanol–water partition coefficient (Wildman–Crippen LogP) is 3.29. The molecule has 4 heteroatoms. The Balaban J connectivity index is 1.93. The summed E-state index contributed by atoms with van der Waals surface area (Å²) in [6, 6.07) is 8.58. The van der Waals surface area contributed by atoms with E-state index in [1.807, 2.05) is 12.1 Å². The molecule has 1 aromatic carbocycles. The molecular formula is C12H13BrN2O. The van der Waals surface area contributed by atoms with Crippen LogP contribution >= 0.6 is 15.9 Å². The summed E-state index contributed by atoms with van der Waals surface area (Å²) in [7, 11) is 0. The highest BCUT2D eigenvalue weighted by molar-refractivity contribution is 9.10. The smallest absolute Gasteiger partial charge is 0.180 e. The summed E-state index contributed by atoms with van der Waals surface area (Å²) in [5, 5.41) is 3.37. The lowest BCUT2D eigenvalue weighted by Gasteiger charge is -2.13. The predicted molar refractivity (Wildman–Crippen MR) is 65.9 cm³/mol. The molecule has 0 aliphatic carbocycles. The Hall–Kier alpha value is -1.13. The maximum Gasteiger partial charge on any atom is 0.180 e. The molecule has 1 heterocycles.